The Kier molecular flexibility index (Phi) is 2.58. The molecule has 1 fully saturated rings. The average Bonchev–Trinajstić information content (AvgIpc) is 2.94. The van der Waals surface area contributed by atoms with Crippen molar-refractivity contribution in [2.75, 3.05) is 7.11 Å². The van der Waals surface area contributed by atoms with Crippen LogP contribution in [0, 0.1) is 17.8 Å². The van der Waals surface area contributed by atoms with Gasteiger partial charge in [-0.2, -0.15) is 0 Å². The molecule has 0 unspecified atom stereocenters. The maximum absolute atomic E-state index is 6.11. The van der Waals surface area contributed by atoms with Crippen LogP contribution >= 0.6 is 0 Å². The number of methoxy groups -OCH3 is 1. The van der Waals surface area contributed by atoms with E-state index >= 15 is 0 Å². The van der Waals surface area contributed by atoms with E-state index < -0.39 is 0 Å². The summed E-state index contributed by atoms with van der Waals surface area (Å²) in [7, 11) is 1.68. The molecule has 2 aliphatic rings. The van der Waals surface area contributed by atoms with Gasteiger partial charge in [-0.25, -0.2) is 0 Å². The Morgan fingerprint density at radius 3 is 2.24 bits per heavy atom. The molecule has 1 aromatic carbocycles. The van der Waals surface area contributed by atoms with Crippen LogP contribution in [0.2, 0.25) is 0 Å². The van der Waals surface area contributed by atoms with Gasteiger partial charge in [-0.1, -0.05) is 19.1 Å². The second kappa shape index (κ2) is 4.10. The van der Waals surface area contributed by atoms with Crippen molar-refractivity contribution in [1.82, 2.24) is 0 Å². The third kappa shape index (κ3) is 1.82. The number of hydrogen-bond donors (Lipinski definition) is 0. The van der Waals surface area contributed by atoms with Crippen LogP contribution in [0.4, 0.5) is 0 Å². The lowest BCUT2D eigenvalue weighted by Crippen LogP contribution is -2.28. The van der Waals surface area contributed by atoms with Crippen LogP contribution in [0.3, 0.4) is 0 Å². The van der Waals surface area contributed by atoms with Crippen molar-refractivity contribution in [2.45, 2.75) is 19.4 Å². The number of rotatable bonds is 3. The highest BCUT2D eigenvalue weighted by molar-refractivity contribution is 5.31. The van der Waals surface area contributed by atoms with E-state index in [1.807, 2.05) is 24.3 Å². The fourth-order valence-corrected chi connectivity index (χ4v) is 3.03. The molecule has 2 nitrogen and oxygen atoms in total. The third-order valence-electron chi connectivity index (χ3n) is 4.10. The quantitative estimate of drug-likeness (QED) is 0.742. The standard InChI is InChI=1S/C15H18O2/c1-10-11-3-4-12(9-11)15(10)17-14-7-5-13(16-2)6-8-14/h3-8,10-12,15H,9H2,1-2H3/t10-,11+,12-,15-/m1/s1. The summed E-state index contributed by atoms with van der Waals surface area (Å²) in [4.78, 5) is 0. The molecule has 0 spiro atoms. The Hall–Kier alpha value is -1.44. The first-order valence-electron chi connectivity index (χ1n) is 6.27. The highest BCUT2D eigenvalue weighted by Crippen LogP contribution is 2.45. The van der Waals surface area contributed by atoms with Crippen molar-refractivity contribution in [1.29, 1.82) is 0 Å². The largest absolute Gasteiger partial charge is 0.497 e. The van der Waals surface area contributed by atoms with Crippen LogP contribution in [-0.4, -0.2) is 13.2 Å². The molecule has 3 rings (SSSR count). The van der Waals surface area contributed by atoms with E-state index in [1.165, 1.54) is 6.42 Å². The maximum atomic E-state index is 6.11. The molecule has 0 N–H and O–H groups in total. The van der Waals surface area contributed by atoms with Crippen molar-refractivity contribution in [2.24, 2.45) is 17.8 Å². The summed E-state index contributed by atoms with van der Waals surface area (Å²) in [6.45, 7) is 2.29. The number of benzene rings is 1. The van der Waals surface area contributed by atoms with Crippen LogP contribution in [-0.2, 0) is 0 Å². The first-order chi connectivity index (χ1) is 8.28. The molecule has 17 heavy (non-hydrogen) atoms. The summed E-state index contributed by atoms with van der Waals surface area (Å²) in [5, 5.41) is 0. The van der Waals surface area contributed by atoms with E-state index in [0.29, 0.717) is 17.9 Å². The summed E-state index contributed by atoms with van der Waals surface area (Å²) in [6.07, 6.45) is 6.28. The van der Waals surface area contributed by atoms with Crippen LogP contribution in [0.1, 0.15) is 13.3 Å². The second-order valence-corrected chi connectivity index (χ2v) is 5.07. The second-order valence-electron chi connectivity index (χ2n) is 5.07. The van der Waals surface area contributed by atoms with Gasteiger partial charge >= 0.3 is 0 Å². The Morgan fingerprint density at radius 1 is 1.00 bits per heavy atom. The Balaban J connectivity index is 1.72. The number of ether oxygens (including phenoxy) is 2. The molecule has 1 saturated carbocycles. The van der Waals surface area contributed by atoms with Gasteiger partial charge in [-0.3, -0.25) is 0 Å². The summed E-state index contributed by atoms with van der Waals surface area (Å²) >= 11 is 0. The van der Waals surface area contributed by atoms with Crippen molar-refractivity contribution >= 4 is 0 Å². The van der Waals surface area contributed by atoms with Gasteiger partial charge < -0.3 is 9.47 Å². The van der Waals surface area contributed by atoms with Gasteiger partial charge in [0, 0.05) is 5.92 Å². The first kappa shape index (κ1) is 10.7. The minimum absolute atomic E-state index is 0.346. The molecule has 0 radical (unpaired) electrons. The van der Waals surface area contributed by atoms with Crippen LogP contribution in [0.15, 0.2) is 36.4 Å². The van der Waals surface area contributed by atoms with Crippen molar-refractivity contribution in [3.63, 3.8) is 0 Å². The van der Waals surface area contributed by atoms with Crippen molar-refractivity contribution in [3.8, 4) is 11.5 Å². The van der Waals surface area contributed by atoms with Gasteiger partial charge in [0.2, 0.25) is 0 Å². The van der Waals surface area contributed by atoms with E-state index in [4.69, 9.17) is 9.47 Å². The number of hydrogen-bond acceptors (Lipinski definition) is 2. The van der Waals surface area contributed by atoms with Gasteiger partial charge in [0.25, 0.3) is 0 Å². The first-order valence-corrected chi connectivity index (χ1v) is 6.27. The molecule has 0 saturated heterocycles. The van der Waals surface area contributed by atoms with Crippen LogP contribution < -0.4 is 9.47 Å². The highest BCUT2D eigenvalue weighted by atomic mass is 16.5. The fraction of sp³-hybridized carbons (Fsp3) is 0.467. The predicted molar refractivity (Wildman–Crippen MR) is 67.3 cm³/mol. The minimum Gasteiger partial charge on any atom is -0.497 e. The summed E-state index contributed by atoms with van der Waals surface area (Å²) in [5.41, 5.74) is 0. The summed E-state index contributed by atoms with van der Waals surface area (Å²) in [6, 6.07) is 7.87. The number of fused-ring (bicyclic) bond motifs is 2. The fourth-order valence-electron chi connectivity index (χ4n) is 3.03. The Morgan fingerprint density at radius 2 is 1.65 bits per heavy atom. The Labute approximate surface area is 102 Å². The molecule has 0 aliphatic heterocycles. The zero-order valence-corrected chi connectivity index (χ0v) is 10.3. The van der Waals surface area contributed by atoms with Gasteiger partial charge in [0.15, 0.2) is 0 Å². The molecular weight excluding hydrogens is 212 g/mol. The third-order valence-corrected chi connectivity index (χ3v) is 4.10. The van der Waals surface area contributed by atoms with Crippen molar-refractivity contribution < 1.29 is 9.47 Å². The SMILES string of the molecule is COc1ccc(O[C@@H]2[C@H](C)[C@H]3C=C[C@@H]2C3)cc1. The maximum Gasteiger partial charge on any atom is 0.120 e. The van der Waals surface area contributed by atoms with E-state index in [9.17, 15) is 0 Å². The molecule has 0 amide bonds. The van der Waals surface area contributed by atoms with Crippen LogP contribution in [0.25, 0.3) is 0 Å². The van der Waals surface area contributed by atoms with Gasteiger partial charge in [0.05, 0.1) is 7.11 Å². The number of allylic oxidation sites excluding steroid dienone is 1. The molecule has 2 bridgehead atoms. The molecule has 4 atom stereocenters. The summed E-state index contributed by atoms with van der Waals surface area (Å²) < 4.78 is 11.3. The minimum atomic E-state index is 0.346. The van der Waals surface area contributed by atoms with Gasteiger partial charge in [0.1, 0.15) is 17.6 Å². The lowest BCUT2D eigenvalue weighted by molar-refractivity contribution is 0.130. The van der Waals surface area contributed by atoms with Crippen molar-refractivity contribution in [3.05, 3.63) is 36.4 Å². The van der Waals surface area contributed by atoms with E-state index in [1.54, 1.807) is 7.11 Å². The van der Waals surface area contributed by atoms with Gasteiger partial charge in [-0.05, 0) is 42.5 Å². The molecule has 2 aliphatic carbocycles. The smallest absolute Gasteiger partial charge is 0.120 e. The highest BCUT2D eigenvalue weighted by Gasteiger charge is 2.43. The topological polar surface area (TPSA) is 18.5 Å². The summed E-state index contributed by atoms with van der Waals surface area (Å²) in [5.74, 6) is 3.79. The van der Waals surface area contributed by atoms with E-state index in [-0.39, 0.29) is 0 Å². The molecule has 0 heterocycles. The van der Waals surface area contributed by atoms with E-state index in [2.05, 4.69) is 19.1 Å². The predicted octanol–water partition coefficient (Wildman–Crippen LogP) is 3.28. The molecular formula is C15H18O2. The molecule has 2 heteroatoms. The van der Waals surface area contributed by atoms with Gasteiger partial charge in [-0.15, -0.1) is 0 Å². The average molecular weight is 230 g/mol. The zero-order chi connectivity index (χ0) is 11.8. The lowest BCUT2D eigenvalue weighted by Gasteiger charge is -2.25. The van der Waals surface area contributed by atoms with Crippen LogP contribution in [0.5, 0.6) is 11.5 Å². The normalized spacial score (nSPS) is 34.0. The lowest BCUT2D eigenvalue weighted by atomic mass is 9.93. The zero-order valence-electron chi connectivity index (χ0n) is 10.3. The molecule has 90 valence electrons. The molecule has 0 aromatic heterocycles. The van der Waals surface area contributed by atoms with E-state index in [0.717, 1.165) is 17.4 Å². The Bertz CT molecular complexity index is 421. The monoisotopic (exact) mass is 230 g/mol. The molecule has 1 aromatic rings.